The van der Waals surface area contributed by atoms with E-state index >= 15 is 0 Å². The first-order valence-electron chi connectivity index (χ1n) is 8.25. The number of tetrazole rings is 1. The molecule has 0 bridgehead atoms. The van der Waals surface area contributed by atoms with Gasteiger partial charge in [0.15, 0.2) is 0 Å². The molecule has 0 aliphatic heterocycles. The molecule has 0 radical (unpaired) electrons. The smallest absolute Gasteiger partial charge is 0.237 e. The van der Waals surface area contributed by atoms with Crippen molar-refractivity contribution in [1.29, 1.82) is 0 Å². The number of hydrogen-bond donors (Lipinski definition) is 1. The molecular weight excluding hydrogens is 364 g/mol. The van der Waals surface area contributed by atoms with Crippen molar-refractivity contribution in [3.8, 4) is 5.69 Å². The van der Waals surface area contributed by atoms with Gasteiger partial charge in [-0.25, -0.2) is 0 Å². The lowest BCUT2D eigenvalue weighted by atomic mass is 10.2. The molecule has 0 fully saturated rings. The fourth-order valence-corrected chi connectivity index (χ4v) is 3.20. The van der Waals surface area contributed by atoms with Crippen LogP contribution in [0.4, 0.5) is 5.69 Å². The highest BCUT2D eigenvalue weighted by atomic mass is 32.2. The van der Waals surface area contributed by atoms with Crippen molar-refractivity contribution < 1.29 is 9.59 Å². The summed E-state index contributed by atoms with van der Waals surface area (Å²) in [5.41, 5.74) is 6.77. The van der Waals surface area contributed by atoms with E-state index in [0.717, 1.165) is 5.69 Å². The molecule has 0 aliphatic carbocycles. The van der Waals surface area contributed by atoms with E-state index in [1.54, 1.807) is 9.58 Å². The first kappa shape index (κ1) is 18.6. The summed E-state index contributed by atoms with van der Waals surface area (Å²) in [4.78, 5) is 25.5. The fourth-order valence-electron chi connectivity index (χ4n) is 2.43. The third kappa shape index (κ3) is 4.91. The van der Waals surface area contributed by atoms with E-state index in [9.17, 15) is 9.59 Å². The van der Waals surface area contributed by atoms with Crippen molar-refractivity contribution in [3.63, 3.8) is 0 Å². The zero-order valence-electron chi connectivity index (χ0n) is 14.4. The standard InChI is InChI=1S/C18H18N6O2S/c19-16(25)11-12-23(14-7-3-1-4-8-14)17(26)13-27-18-20-21-22-24(18)15-9-5-2-6-10-15/h1-10H,11-13H2,(H2,19,25). The molecule has 0 saturated heterocycles. The van der Waals surface area contributed by atoms with Gasteiger partial charge in [0, 0.05) is 18.7 Å². The average Bonchev–Trinajstić information content (AvgIpc) is 3.16. The number of anilines is 1. The Kier molecular flexibility index (Phi) is 6.16. The highest BCUT2D eigenvalue weighted by Gasteiger charge is 2.18. The van der Waals surface area contributed by atoms with Crippen LogP contribution in [0, 0.1) is 0 Å². The van der Waals surface area contributed by atoms with Crippen LogP contribution >= 0.6 is 11.8 Å². The SMILES string of the molecule is NC(=O)CCN(C(=O)CSc1nnnn1-c1ccccc1)c1ccccc1. The van der Waals surface area contributed by atoms with Crippen molar-refractivity contribution in [2.45, 2.75) is 11.6 Å². The zero-order chi connectivity index (χ0) is 19.1. The number of carbonyl (C=O) groups excluding carboxylic acids is 2. The minimum absolute atomic E-state index is 0.0903. The number of rotatable bonds is 8. The Labute approximate surface area is 160 Å². The quantitative estimate of drug-likeness (QED) is 0.594. The van der Waals surface area contributed by atoms with Gasteiger partial charge in [-0.15, -0.1) is 5.10 Å². The highest BCUT2D eigenvalue weighted by Crippen LogP contribution is 2.21. The van der Waals surface area contributed by atoms with Gasteiger partial charge in [-0.2, -0.15) is 4.68 Å². The fraction of sp³-hybridized carbons (Fsp3) is 0.167. The molecule has 2 N–H and O–H groups in total. The summed E-state index contributed by atoms with van der Waals surface area (Å²) >= 11 is 1.23. The Hall–Kier alpha value is -3.20. The number of carbonyl (C=O) groups is 2. The molecule has 0 spiro atoms. The average molecular weight is 382 g/mol. The molecule has 1 aromatic heterocycles. The highest BCUT2D eigenvalue weighted by molar-refractivity contribution is 7.99. The number of hydrogen-bond acceptors (Lipinski definition) is 6. The molecule has 2 amide bonds. The molecule has 0 saturated carbocycles. The normalized spacial score (nSPS) is 10.5. The lowest BCUT2D eigenvalue weighted by Crippen LogP contribution is -2.35. The van der Waals surface area contributed by atoms with E-state index in [0.29, 0.717) is 10.8 Å². The van der Waals surface area contributed by atoms with Crippen LogP contribution in [-0.2, 0) is 9.59 Å². The molecule has 138 valence electrons. The molecule has 2 aromatic carbocycles. The van der Waals surface area contributed by atoms with E-state index in [2.05, 4.69) is 15.5 Å². The van der Waals surface area contributed by atoms with Gasteiger partial charge in [-0.1, -0.05) is 48.2 Å². The predicted octanol–water partition coefficient (Wildman–Crippen LogP) is 1.66. The van der Waals surface area contributed by atoms with Crippen LogP contribution in [0.2, 0.25) is 0 Å². The molecule has 3 aromatic rings. The molecule has 9 heteroatoms. The number of benzene rings is 2. The topological polar surface area (TPSA) is 107 Å². The molecule has 0 aliphatic rings. The van der Waals surface area contributed by atoms with Gasteiger partial charge in [0.1, 0.15) is 0 Å². The zero-order valence-corrected chi connectivity index (χ0v) is 15.2. The third-order valence-corrected chi connectivity index (χ3v) is 4.62. The Bertz CT molecular complexity index is 900. The van der Waals surface area contributed by atoms with Gasteiger partial charge in [0.05, 0.1) is 11.4 Å². The summed E-state index contributed by atoms with van der Waals surface area (Å²) in [6.07, 6.45) is 0.0903. The van der Waals surface area contributed by atoms with Crippen LogP contribution < -0.4 is 10.6 Å². The van der Waals surface area contributed by atoms with Crippen LogP contribution in [-0.4, -0.2) is 44.3 Å². The number of aromatic nitrogens is 4. The van der Waals surface area contributed by atoms with E-state index in [-0.39, 0.29) is 24.6 Å². The number of amides is 2. The molecule has 3 rings (SSSR count). The number of thioether (sulfide) groups is 1. The van der Waals surface area contributed by atoms with Crippen molar-refractivity contribution in [2.24, 2.45) is 5.73 Å². The largest absolute Gasteiger partial charge is 0.370 e. The number of primary amides is 1. The van der Waals surface area contributed by atoms with Crippen molar-refractivity contribution in [2.75, 3.05) is 17.2 Å². The molecule has 27 heavy (non-hydrogen) atoms. The molecule has 1 heterocycles. The van der Waals surface area contributed by atoms with Crippen LogP contribution in [0.15, 0.2) is 65.8 Å². The predicted molar refractivity (Wildman–Crippen MR) is 102 cm³/mol. The van der Waals surface area contributed by atoms with E-state index < -0.39 is 5.91 Å². The Balaban J connectivity index is 1.71. The number of nitrogens with two attached hydrogens (primary N) is 1. The van der Waals surface area contributed by atoms with Crippen LogP contribution in [0.3, 0.4) is 0 Å². The summed E-state index contributed by atoms with van der Waals surface area (Å²) in [6, 6.07) is 18.6. The second-order valence-corrected chi connectivity index (χ2v) is 6.54. The summed E-state index contributed by atoms with van der Waals surface area (Å²) in [7, 11) is 0. The Morgan fingerprint density at radius 1 is 1.04 bits per heavy atom. The minimum Gasteiger partial charge on any atom is -0.370 e. The number of para-hydroxylation sites is 2. The van der Waals surface area contributed by atoms with Gasteiger partial charge in [0.2, 0.25) is 17.0 Å². The van der Waals surface area contributed by atoms with Crippen LogP contribution in [0.1, 0.15) is 6.42 Å². The van der Waals surface area contributed by atoms with Crippen LogP contribution in [0.5, 0.6) is 0 Å². The van der Waals surface area contributed by atoms with Crippen molar-refractivity contribution in [1.82, 2.24) is 20.2 Å². The summed E-state index contributed by atoms with van der Waals surface area (Å²) in [5.74, 6) is -0.486. The lowest BCUT2D eigenvalue weighted by Gasteiger charge is -2.22. The van der Waals surface area contributed by atoms with Gasteiger partial charge >= 0.3 is 0 Å². The van der Waals surface area contributed by atoms with Crippen LogP contribution in [0.25, 0.3) is 5.69 Å². The monoisotopic (exact) mass is 382 g/mol. The lowest BCUT2D eigenvalue weighted by molar-refractivity contribution is -0.118. The maximum absolute atomic E-state index is 12.8. The van der Waals surface area contributed by atoms with E-state index in [1.807, 2.05) is 60.7 Å². The minimum atomic E-state index is -0.454. The van der Waals surface area contributed by atoms with Gasteiger partial charge < -0.3 is 10.6 Å². The van der Waals surface area contributed by atoms with E-state index in [4.69, 9.17) is 5.73 Å². The second kappa shape index (κ2) is 8.95. The first-order chi connectivity index (χ1) is 13.1. The molecule has 8 nitrogen and oxygen atoms in total. The van der Waals surface area contributed by atoms with E-state index in [1.165, 1.54) is 11.8 Å². The van der Waals surface area contributed by atoms with Gasteiger partial charge in [-0.3, -0.25) is 9.59 Å². The van der Waals surface area contributed by atoms with Crippen molar-refractivity contribution >= 4 is 29.3 Å². The summed E-state index contributed by atoms with van der Waals surface area (Å²) in [5, 5.41) is 12.2. The number of nitrogens with zero attached hydrogens (tertiary/aromatic N) is 5. The maximum atomic E-state index is 12.8. The molecule has 0 atom stereocenters. The van der Waals surface area contributed by atoms with Crippen molar-refractivity contribution in [3.05, 3.63) is 60.7 Å². The summed E-state index contributed by atoms with van der Waals surface area (Å²) < 4.78 is 1.58. The first-order valence-corrected chi connectivity index (χ1v) is 9.24. The molecular formula is C18H18N6O2S. The maximum Gasteiger partial charge on any atom is 0.237 e. The van der Waals surface area contributed by atoms with Gasteiger partial charge in [-0.05, 0) is 34.7 Å². The second-order valence-electron chi connectivity index (χ2n) is 5.59. The Morgan fingerprint density at radius 3 is 2.37 bits per heavy atom. The molecule has 0 unspecified atom stereocenters. The summed E-state index contributed by atoms with van der Waals surface area (Å²) in [6.45, 7) is 0.225. The van der Waals surface area contributed by atoms with Gasteiger partial charge in [0.25, 0.3) is 0 Å². The third-order valence-electron chi connectivity index (χ3n) is 3.72. The Morgan fingerprint density at radius 2 is 1.70 bits per heavy atom.